The van der Waals surface area contributed by atoms with E-state index in [9.17, 15) is 0 Å². The number of hydrogen-bond acceptors (Lipinski definition) is 7. The molecule has 0 spiro atoms. The maximum Gasteiger partial charge on any atom is 0.184 e. The van der Waals surface area contributed by atoms with Crippen molar-refractivity contribution >= 4 is 40.6 Å². The van der Waals surface area contributed by atoms with Gasteiger partial charge in [0.05, 0.1) is 23.5 Å². The highest BCUT2D eigenvalue weighted by molar-refractivity contribution is 7.80. The first-order valence-corrected chi connectivity index (χ1v) is 12.1. The van der Waals surface area contributed by atoms with Gasteiger partial charge in [-0.25, -0.2) is 4.39 Å². The lowest BCUT2D eigenvalue weighted by atomic mass is 10.1. The monoisotopic (exact) mass is 494 g/mol. The quantitative estimate of drug-likeness (QED) is 0.360. The molecule has 0 unspecified atom stereocenters. The number of piperazine rings is 1. The molecule has 2 heterocycles. The fourth-order valence-corrected chi connectivity index (χ4v) is 4.74. The van der Waals surface area contributed by atoms with Crippen molar-refractivity contribution in [3.63, 3.8) is 0 Å². The van der Waals surface area contributed by atoms with Gasteiger partial charge >= 0.3 is 0 Å². The zero-order valence-electron chi connectivity index (χ0n) is 20.1. The third-order valence-corrected chi connectivity index (χ3v) is 6.78. The molecule has 0 amide bonds. The first kappa shape index (κ1) is 24.7. The minimum atomic E-state index is -0.277. The Morgan fingerprint density at radius 3 is 2.40 bits per heavy atom. The third-order valence-electron chi connectivity index (χ3n) is 6.69. The molecule has 3 N–H and O–H groups in total. The van der Waals surface area contributed by atoms with Crippen LogP contribution in [0.5, 0.6) is 0 Å². The summed E-state index contributed by atoms with van der Waals surface area (Å²) in [6.45, 7) is 4.71. The van der Waals surface area contributed by atoms with Gasteiger partial charge in [-0.2, -0.15) is 10.4 Å². The van der Waals surface area contributed by atoms with Gasteiger partial charge in [0.1, 0.15) is 5.82 Å². The number of nitrogens with one attached hydrogen (secondary N) is 1. The van der Waals surface area contributed by atoms with Crippen LogP contribution in [0.4, 0.5) is 21.5 Å². The molecule has 35 heavy (non-hydrogen) atoms. The van der Waals surface area contributed by atoms with Crippen molar-refractivity contribution in [1.82, 2.24) is 10.3 Å². The molecule has 2 aromatic rings. The maximum absolute atomic E-state index is 15.4. The molecular weight excluding hydrogens is 463 g/mol. The van der Waals surface area contributed by atoms with Gasteiger partial charge < -0.3 is 25.3 Å². The van der Waals surface area contributed by atoms with Gasteiger partial charge in [-0.3, -0.25) is 5.43 Å². The number of nitrogens with zero attached hydrogens (tertiary/aromatic N) is 6. The van der Waals surface area contributed by atoms with Gasteiger partial charge in [0, 0.05) is 62.2 Å². The number of rotatable bonds is 6. The molecule has 0 bridgehead atoms. The van der Waals surface area contributed by atoms with Crippen molar-refractivity contribution in [2.24, 2.45) is 10.8 Å². The van der Waals surface area contributed by atoms with Crippen LogP contribution in [0.25, 0.3) is 0 Å². The second-order valence-corrected chi connectivity index (χ2v) is 9.52. The first-order chi connectivity index (χ1) is 16.9. The number of halogens is 1. The van der Waals surface area contributed by atoms with E-state index in [0.29, 0.717) is 35.9 Å². The zero-order valence-corrected chi connectivity index (χ0v) is 20.9. The number of nitriles is 1. The minimum Gasteiger partial charge on any atom is -0.375 e. The predicted molar refractivity (Wildman–Crippen MR) is 144 cm³/mol. The largest absolute Gasteiger partial charge is 0.375 e. The van der Waals surface area contributed by atoms with E-state index in [2.05, 4.69) is 50.3 Å². The van der Waals surface area contributed by atoms with Gasteiger partial charge in [0.2, 0.25) is 0 Å². The highest BCUT2D eigenvalue weighted by Crippen LogP contribution is 2.33. The summed E-state index contributed by atoms with van der Waals surface area (Å²) in [4.78, 5) is 8.89. The molecule has 4 rings (SSSR count). The minimum absolute atomic E-state index is 0.0638. The number of hydrazone groups is 1. The Morgan fingerprint density at radius 2 is 1.80 bits per heavy atom. The highest BCUT2D eigenvalue weighted by atomic mass is 32.1. The van der Waals surface area contributed by atoms with E-state index in [0.717, 1.165) is 44.0 Å². The number of benzene rings is 2. The second-order valence-electron chi connectivity index (χ2n) is 9.08. The topological polar surface area (TPSA) is 87.2 Å². The lowest BCUT2D eigenvalue weighted by Crippen LogP contribution is -2.47. The summed E-state index contributed by atoms with van der Waals surface area (Å²) in [5.41, 5.74) is 12.0. The van der Waals surface area contributed by atoms with Crippen LogP contribution in [0.3, 0.4) is 0 Å². The number of hydrogen-bond donors (Lipinski definition) is 2. The predicted octanol–water partition coefficient (Wildman–Crippen LogP) is 2.33. The molecule has 0 saturated carbocycles. The van der Waals surface area contributed by atoms with E-state index in [-0.39, 0.29) is 10.9 Å². The van der Waals surface area contributed by atoms with Gasteiger partial charge in [-0.05, 0) is 69.1 Å². The Balaban J connectivity index is 1.55. The number of nitrogens with two attached hydrogens (primary N) is 1. The van der Waals surface area contributed by atoms with E-state index < -0.39 is 0 Å². The molecule has 10 heteroatoms. The Morgan fingerprint density at radius 1 is 1.11 bits per heavy atom. The van der Waals surface area contributed by atoms with Crippen LogP contribution in [0.2, 0.25) is 0 Å². The van der Waals surface area contributed by atoms with Crippen LogP contribution in [0.15, 0.2) is 41.5 Å². The Bertz CT molecular complexity index is 1120. The van der Waals surface area contributed by atoms with Crippen LogP contribution in [0.1, 0.15) is 17.5 Å². The molecule has 0 radical (unpaired) electrons. The van der Waals surface area contributed by atoms with Gasteiger partial charge in [0.25, 0.3) is 0 Å². The standard InChI is InChI=1S/C25H31FN8S/c1-31(2)21-7-8-34(17-21)23-14-24(22(26)13-19(23)16-29-30-25(28)35)33-11-9-32(10-12-33)20-5-3-18(15-27)4-6-20/h3-6,13-14,16,21H,7-12,17H2,1-2H3,(H3,28,30,35)/t21-/m1/s1. The number of anilines is 3. The molecule has 2 aliphatic heterocycles. The molecule has 0 aliphatic carbocycles. The molecule has 2 aromatic carbocycles. The molecular formula is C25H31FN8S. The lowest BCUT2D eigenvalue weighted by molar-refractivity contribution is 0.315. The summed E-state index contributed by atoms with van der Waals surface area (Å²) >= 11 is 4.82. The maximum atomic E-state index is 15.4. The van der Waals surface area contributed by atoms with Crippen LogP contribution in [-0.2, 0) is 0 Å². The summed E-state index contributed by atoms with van der Waals surface area (Å²) in [5.74, 6) is -0.277. The van der Waals surface area contributed by atoms with Crippen molar-refractivity contribution in [3.8, 4) is 6.07 Å². The van der Waals surface area contributed by atoms with E-state index in [1.54, 1.807) is 12.3 Å². The Labute approximate surface area is 211 Å². The Kier molecular flexibility index (Phi) is 7.68. The third kappa shape index (κ3) is 5.81. The molecule has 1 atom stereocenters. The summed E-state index contributed by atoms with van der Waals surface area (Å²) < 4.78 is 15.4. The fraction of sp³-hybridized carbons (Fsp3) is 0.400. The van der Waals surface area contributed by atoms with Crippen LogP contribution in [0, 0.1) is 17.1 Å². The average Bonchev–Trinajstić information content (AvgIpc) is 3.35. The lowest BCUT2D eigenvalue weighted by Gasteiger charge is -2.38. The fourth-order valence-electron chi connectivity index (χ4n) is 4.69. The SMILES string of the molecule is CN(C)[C@@H]1CCN(c2cc(N3CCN(c4ccc(C#N)cc4)CC3)c(F)cc2C=NNC(N)=S)C1. The van der Waals surface area contributed by atoms with Crippen molar-refractivity contribution in [2.75, 3.05) is 68.1 Å². The van der Waals surface area contributed by atoms with Crippen molar-refractivity contribution in [2.45, 2.75) is 12.5 Å². The zero-order chi connectivity index (χ0) is 24.9. The molecule has 0 aromatic heterocycles. The van der Waals surface area contributed by atoms with Crippen molar-refractivity contribution in [3.05, 3.63) is 53.3 Å². The van der Waals surface area contributed by atoms with Gasteiger partial charge in [-0.1, -0.05) is 0 Å². The summed E-state index contributed by atoms with van der Waals surface area (Å²) in [6, 6.07) is 13.7. The first-order valence-electron chi connectivity index (χ1n) is 11.7. The van der Waals surface area contributed by atoms with Crippen LogP contribution in [-0.4, -0.2) is 75.6 Å². The van der Waals surface area contributed by atoms with E-state index in [1.807, 2.05) is 30.3 Å². The van der Waals surface area contributed by atoms with E-state index in [4.69, 9.17) is 23.2 Å². The second kappa shape index (κ2) is 10.9. The van der Waals surface area contributed by atoms with E-state index in [1.165, 1.54) is 0 Å². The van der Waals surface area contributed by atoms with Crippen LogP contribution >= 0.6 is 12.2 Å². The van der Waals surface area contributed by atoms with Gasteiger partial charge in [0.15, 0.2) is 5.11 Å². The van der Waals surface area contributed by atoms with Gasteiger partial charge in [-0.15, -0.1) is 0 Å². The average molecular weight is 495 g/mol. The Hall–Kier alpha value is -3.42. The smallest absolute Gasteiger partial charge is 0.184 e. The number of thiocarbonyl (C=S) groups is 1. The molecule has 2 saturated heterocycles. The summed E-state index contributed by atoms with van der Waals surface area (Å²) in [7, 11) is 4.18. The van der Waals surface area contributed by atoms with Crippen molar-refractivity contribution < 1.29 is 4.39 Å². The molecule has 184 valence electrons. The van der Waals surface area contributed by atoms with E-state index >= 15 is 4.39 Å². The summed E-state index contributed by atoms with van der Waals surface area (Å²) in [5, 5.41) is 13.2. The molecule has 2 fully saturated rings. The highest BCUT2D eigenvalue weighted by Gasteiger charge is 2.28. The molecule has 8 nitrogen and oxygen atoms in total. The molecule has 2 aliphatic rings. The normalized spacial score (nSPS) is 18.4. The number of likely N-dealkylation sites (N-methyl/N-ethyl adjacent to an activating group) is 1. The van der Waals surface area contributed by atoms with Crippen LogP contribution < -0.4 is 25.9 Å². The summed E-state index contributed by atoms with van der Waals surface area (Å²) in [6.07, 6.45) is 2.62. The van der Waals surface area contributed by atoms with Crippen molar-refractivity contribution in [1.29, 1.82) is 5.26 Å².